The molecule has 1 aromatic heterocycles. The molecule has 2 aromatic carbocycles. The van der Waals surface area contributed by atoms with Gasteiger partial charge in [-0.2, -0.15) is 0 Å². The first kappa shape index (κ1) is 18.8. The third-order valence-electron chi connectivity index (χ3n) is 4.77. The summed E-state index contributed by atoms with van der Waals surface area (Å²) in [4.78, 5) is 20.9. The fraction of sp³-hybridized carbons (Fsp3) is 0.217. The lowest BCUT2D eigenvalue weighted by atomic mass is 10.3. The first-order valence-corrected chi connectivity index (χ1v) is 9.67. The van der Waals surface area contributed by atoms with E-state index in [0.717, 1.165) is 30.4 Å². The number of nitrogens with zero attached hydrogens (tertiary/aromatic N) is 3. The van der Waals surface area contributed by atoms with Crippen LogP contribution in [0.15, 0.2) is 79.0 Å². The van der Waals surface area contributed by atoms with Gasteiger partial charge in [0, 0.05) is 32.4 Å². The van der Waals surface area contributed by atoms with E-state index >= 15 is 0 Å². The molecule has 0 saturated carbocycles. The summed E-state index contributed by atoms with van der Waals surface area (Å²) < 4.78 is 11.4. The summed E-state index contributed by atoms with van der Waals surface area (Å²) in [6.07, 6.45) is 1.79. The molecule has 0 unspecified atom stereocenters. The molecule has 1 aliphatic heterocycles. The van der Waals surface area contributed by atoms with E-state index in [1.165, 1.54) is 0 Å². The second kappa shape index (κ2) is 9.10. The van der Waals surface area contributed by atoms with Crippen LogP contribution in [-0.2, 0) is 4.79 Å². The summed E-state index contributed by atoms with van der Waals surface area (Å²) in [6, 6.07) is 22.7. The minimum Gasteiger partial charge on any atom is -0.484 e. The van der Waals surface area contributed by atoms with Crippen LogP contribution in [-0.4, -0.2) is 48.6 Å². The average Bonchev–Trinajstić information content (AvgIpc) is 2.80. The van der Waals surface area contributed by atoms with Crippen LogP contribution in [0.4, 0.5) is 5.82 Å². The maximum atomic E-state index is 12.5. The van der Waals surface area contributed by atoms with E-state index in [4.69, 9.17) is 9.47 Å². The first-order chi connectivity index (χ1) is 14.3. The maximum absolute atomic E-state index is 12.5. The number of hydrogen-bond donors (Lipinski definition) is 0. The number of piperazine rings is 1. The zero-order valence-electron chi connectivity index (χ0n) is 16.1. The molecule has 1 amide bonds. The summed E-state index contributed by atoms with van der Waals surface area (Å²) >= 11 is 0. The van der Waals surface area contributed by atoms with Crippen LogP contribution in [0, 0.1) is 0 Å². The van der Waals surface area contributed by atoms with Crippen LogP contribution in [0.25, 0.3) is 0 Å². The molecule has 0 spiro atoms. The smallest absolute Gasteiger partial charge is 0.260 e. The number of carbonyl (C=O) groups is 1. The van der Waals surface area contributed by atoms with Crippen LogP contribution in [0.5, 0.6) is 17.2 Å². The number of carbonyl (C=O) groups excluding carboxylic acids is 1. The predicted octanol–water partition coefficient (Wildman–Crippen LogP) is 3.60. The number of rotatable bonds is 6. The zero-order valence-corrected chi connectivity index (χ0v) is 16.1. The van der Waals surface area contributed by atoms with Crippen molar-refractivity contribution in [2.75, 3.05) is 37.7 Å². The van der Waals surface area contributed by atoms with E-state index in [0.29, 0.717) is 18.8 Å². The van der Waals surface area contributed by atoms with E-state index < -0.39 is 0 Å². The molecule has 6 heteroatoms. The van der Waals surface area contributed by atoms with Gasteiger partial charge in [-0.25, -0.2) is 4.98 Å². The highest BCUT2D eigenvalue weighted by Gasteiger charge is 2.22. The van der Waals surface area contributed by atoms with Gasteiger partial charge < -0.3 is 19.3 Å². The third kappa shape index (κ3) is 5.04. The number of pyridine rings is 1. The van der Waals surface area contributed by atoms with Crippen molar-refractivity contribution >= 4 is 11.7 Å². The second-order valence-electron chi connectivity index (χ2n) is 6.73. The number of hydrogen-bond acceptors (Lipinski definition) is 5. The molecular weight excluding hydrogens is 366 g/mol. The summed E-state index contributed by atoms with van der Waals surface area (Å²) in [6.45, 7) is 2.91. The van der Waals surface area contributed by atoms with Gasteiger partial charge in [0.15, 0.2) is 6.61 Å². The SMILES string of the molecule is O=C(COc1ccc(Oc2ccccc2)cc1)N1CCN(c2ccccn2)CC1. The number of anilines is 1. The fourth-order valence-corrected chi connectivity index (χ4v) is 3.19. The highest BCUT2D eigenvalue weighted by atomic mass is 16.5. The highest BCUT2D eigenvalue weighted by molar-refractivity contribution is 5.78. The minimum absolute atomic E-state index is 0.00437. The van der Waals surface area contributed by atoms with Crippen molar-refractivity contribution in [3.63, 3.8) is 0 Å². The van der Waals surface area contributed by atoms with Crippen molar-refractivity contribution in [1.82, 2.24) is 9.88 Å². The lowest BCUT2D eigenvalue weighted by Gasteiger charge is -2.35. The van der Waals surface area contributed by atoms with E-state index in [1.54, 1.807) is 6.20 Å². The quantitative estimate of drug-likeness (QED) is 0.645. The summed E-state index contributed by atoms with van der Waals surface area (Å²) in [5.41, 5.74) is 0. The number of ether oxygens (including phenoxy) is 2. The number of benzene rings is 2. The van der Waals surface area contributed by atoms with Crippen molar-refractivity contribution in [2.45, 2.75) is 0 Å². The largest absolute Gasteiger partial charge is 0.484 e. The Bertz CT molecular complexity index is 909. The van der Waals surface area contributed by atoms with Crippen LogP contribution in [0.2, 0.25) is 0 Å². The van der Waals surface area contributed by atoms with Gasteiger partial charge >= 0.3 is 0 Å². The van der Waals surface area contributed by atoms with Crippen LogP contribution < -0.4 is 14.4 Å². The number of para-hydroxylation sites is 1. The molecule has 4 rings (SSSR count). The molecule has 29 heavy (non-hydrogen) atoms. The zero-order chi connectivity index (χ0) is 19.9. The second-order valence-corrected chi connectivity index (χ2v) is 6.73. The molecule has 1 saturated heterocycles. The van der Waals surface area contributed by atoms with Crippen molar-refractivity contribution in [2.24, 2.45) is 0 Å². The molecule has 3 aromatic rings. The third-order valence-corrected chi connectivity index (χ3v) is 4.77. The van der Waals surface area contributed by atoms with Gasteiger partial charge in [-0.15, -0.1) is 0 Å². The first-order valence-electron chi connectivity index (χ1n) is 9.67. The molecule has 1 fully saturated rings. The lowest BCUT2D eigenvalue weighted by molar-refractivity contribution is -0.133. The van der Waals surface area contributed by atoms with E-state index in [-0.39, 0.29) is 12.5 Å². The molecule has 0 N–H and O–H groups in total. The Morgan fingerprint density at radius 3 is 2.14 bits per heavy atom. The van der Waals surface area contributed by atoms with Crippen LogP contribution >= 0.6 is 0 Å². The normalized spacial score (nSPS) is 13.8. The Morgan fingerprint density at radius 1 is 0.793 bits per heavy atom. The van der Waals surface area contributed by atoms with Gasteiger partial charge in [-0.3, -0.25) is 4.79 Å². The summed E-state index contributed by atoms with van der Waals surface area (Å²) in [7, 11) is 0. The van der Waals surface area contributed by atoms with Crippen molar-refractivity contribution in [3.05, 3.63) is 79.0 Å². The highest BCUT2D eigenvalue weighted by Crippen LogP contribution is 2.23. The van der Waals surface area contributed by atoms with Crippen molar-refractivity contribution in [3.8, 4) is 17.2 Å². The van der Waals surface area contributed by atoms with E-state index in [2.05, 4.69) is 9.88 Å². The molecule has 1 aliphatic rings. The summed E-state index contributed by atoms with van der Waals surface area (Å²) in [5, 5.41) is 0. The minimum atomic E-state index is -0.00437. The Labute approximate surface area is 170 Å². The Balaban J connectivity index is 1.23. The number of aromatic nitrogens is 1. The molecule has 148 valence electrons. The molecule has 0 atom stereocenters. The standard InChI is InChI=1S/C23H23N3O3/c27-23(26-16-14-25(15-17-26)22-8-4-5-13-24-22)18-28-19-9-11-21(12-10-19)29-20-6-2-1-3-7-20/h1-13H,14-18H2. The topological polar surface area (TPSA) is 54.9 Å². The predicted molar refractivity (Wildman–Crippen MR) is 111 cm³/mol. The molecule has 0 aliphatic carbocycles. The molecule has 0 radical (unpaired) electrons. The van der Waals surface area contributed by atoms with Gasteiger partial charge in [0.1, 0.15) is 23.1 Å². The van der Waals surface area contributed by atoms with Crippen molar-refractivity contribution < 1.29 is 14.3 Å². The van der Waals surface area contributed by atoms with Crippen LogP contribution in [0.1, 0.15) is 0 Å². The molecule has 0 bridgehead atoms. The maximum Gasteiger partial charge on any atom is 0.260 e. The number of amides is 1. The van der Waals surface area contributed by atoms with Gasteiger partial charge in [-0.05, 0) is 48.5 Å². The summed E-state index contributed by atoms with van der Waals surface area (Å²) in [5.74, 6) is 3.09. The Morgan fingerprint density at radius 2 is 1.45 bits per heavy atom. The fourth-order valence-electron chi connectivity index (χ4n) is 3.19. The van der Waals surface area contributed by atoms with Crippen molar-refractivity contribution in [1.29, 1.82) is 0 Å². The molecule has 2 heterocycles. The van der Waals surface area contributed by atoms with Gasteiger partial charge in [0.05, 0.1) is 0 Å². The van der Waals surface area contributed by atoms with E-state index in [1.807, 2.05) is 77.7 Å². The van der Waals surface area contributed by atoms with Gasteiger partial charge in [0.25, 0.3) is 5.91 Å². The van der Waals surface area contributed by atoms with Crippen LogP contribution in [0.3, 0.4) is 0 Å². The molecule has 6 nitrogen and oxygen atoms in total. The Kier molecular flexibility index (Phi) is 5.90. The Hall–Kier alpha value is -3.54. The molecular formula is C23H23N3O3. The average molecular weight is 389 g/mol. The van der Waals surface area contributed by atoms with E-state index in [9.17, 15) is 4.79 Å². The van der Waals surface area contributed by atoms with Gasteiger partial charge in [-0.1, -0.05) is 24.3 Å². The van der Waals surface area contributed by atoms with Gasteiger partial charge in [0.2, 0.25) is 0 Å². The monoisotopic (exact) mass is 389 g/mol. The lowest BCUT2D eigenvalue weighted by Crippen LogP contribution is -2.50.